The molecular formula is C17H23NO5S. The number of methoxy groups -OCH3 is 1. The molecule has 0 radical (unpaired) electrons. The highest BCUT2D eigenvalue weighted by atomic mass is 32.1. The summed E-state index contributed by atoms with van der Waals surface area (Å²) < 4.78 is 16.6. The number of ether oxygens (including phenoxy) is 3. The highest BCUT2D eigenvalue weighted by Crippen LogP contribution is 2.41. The van der Waals surface area contributed by atoms with Crippen molar-refractivity contribution in [3.63, 3.8) is 0 Å². The Morgan fingerprint density at radius 2 is 2.04 bits per heavy atom. The molecule has 1 aliphatic carbocycles. The van der Waals surface area contributed by atoms with Gasteiger partial charge in [-0.05, 0) is 51.0 Å². The van der Waals surface area contributed by atoms with Crippen LogP contribution in [0.3, 0.4) is 0 Å². The number of hydrogen-bond donors (Lipinski definition) is 0. The first kappa shape index (κ1) is 17.4. The van der Waals surface area contributed by atoms with E-state index < -0.39 is 24.0 Å². The summed E-state index contributed by atoms with van der Waals surface area (Å²) in [7, 11) is 1.52. The second-order valence-corrected chi connectivity index (χ2v) is 7.58. The number of hydrogen-bond acceptors (Lipinski definition) is 6. The van der Waals surface area contributed by atoms with Crippen molar-refractivity contribution in [1.29, 1.82) is 0 Å². The molecule has 3 rings (SSSR count). The zero-order chi connectivity index (χ0) is 17.3. The van der Waals surface area contributed by atoms with Gasteiger partial charge in [-0.25, -0.2) is 9.69 Å². The molecule has 1 aliphatic heterocycles. The van der Waals surface area contributed by atoms with E-state index in [4.69, 9.17) is 14.2 Å². The van der Waals surface area contributed by atoms with Crippen molar-refractivity contribution in [1.82, 2.24) is 4.90 Å². The first-order chi connectivity index (χ1) is 11.4. The third kappa shape index (κ3) is 3.34. The van der Waals surface area contributed by atoms with E-state index in [2.05, 4.69) is 0 Å². The second-order valence-electron chi connectivity index (χ2n) is 6.60. The smallest absolute Gasteiger partial charge is 0.417 e. The van der Waals surface area contributed by atoms with E-state index in [0.717, 1.165) is 30.6 Å². The molecule has 2 atom stereocenters. The Morgan fingerprint density at radius 3 is 2.62 bits per heavy atom. The van der Waals surface area contributed by atoms with Crippen LogP contribution in [-0.4, -0.2) is 42.0 Å². The van der Waals surface area contributed by atoms with Crippen molar-refractivity contribution in [2.45, 2.75) is 63.6 Å². The van der Waals surface area contributed by atoms with Crippen molar-refractivity contribution >= 4 is 23.3 Å². The van der Waals surface area contributed by atoms with Gasteiger partial charge in [0, 0.05) is 12.0 Å². The highest BCUT2D eigenvalue weighted by Gasteiger charge is 2.55. The minimum atomic E-state index is -0.905. The van der Waals surface area contributed by atoms with Gasteiger partial charge in [0.25, 0.3) is 5.91 Å². The Labute approximate surface area is 145 Å². The number of amides is 2. The molecule has 1 aromatic heterocycles. The molecule has 0 aromatic carbocycles. The Morgan fingerprint density at radius 1 is 1.33 bits per heavy atom. The van der Waals surface area contributed by atoms with Crippen LogP contribution in [0.5, 0.6) is 0 Å². The van der Waals surface area contributed by atoms with Crippen LogP contribution in [-0.2, 0) is 19.0 Å². The van der Waals surface area contributed by atoms with Crippen molar-refractivity contribution < 1.29 is 23.8 Å². The fourth-order valence-corrected chi connectivity index (χ4v) is 3.92. The lowest BCUT2D eigenvalue weighted by Gasteiger charge is -2.46. The molecule has 2 aliphatic rings. The summed E-state index contributed by atoms with van der Waals surface area (Å²) in [6.45, 7) is 3.48. The molecule has 0 N–H and O–H groups in total. The molecule has 1 saturated carbocycles. The van der Waals surface area contributed by atoms with Gasteiger partial charge in [-0.15, -0.1) is 11.3 Å². The van der Waals surface area contributed by atoms with Crippen LogP contribution in [0.15, 0.2) is 17.5 Å². The molecule has 7 heteroatoms. The molecule has 0 unspecified atom stereocenters. The molecule has 2 heterocycles. The Hall–Kier alpha value is -1.44. The van der Waals surface area contributed by atoms with Crippen LogP contribution < -0.4 is 0 Å². The van der Waals surface area contributed by atoms with Crippen LogP contribution in [0.2, 0.25) is 0 Å². The van der Waals surface area contributed by atoms with E-state index >= 15 is 0 Å². The van der Waals surface area contributed by atoms with Gasteiger partial charge in [-0.2, -0.15) is 0 Å². The maximum Gasteiger partial charge on any atom is 0.417 e. The average Bonchev–Trinajstić information content (AvgIpc) is 3.23. The molecule has 2 amide bonds. The average molecular weight is 353 g/mol. The van der Waals surface area contributed by atoms with Gasteiger partial charge in [0.15, 0.2) is 11.9 Å². The minimum Gasteiger partial charge on any atom is -0.446 e. The molecular weight excluding hydrogens is 330 g/mol. The summed E-state index contributed by atoms with van der Waals surface area (Å²) in [5.41, 5.74) is 0. The predicted molar refractivity (Wildman–Crippen MR) is 88.6 cm³/mol. The van der Waals surface area contributed by atoms with Gasteiger partial charge >= 0.3 is 6.09 Å². The fraction of sp³-hybridized carbons (Fsp3) is 0.647. The number of carbonyl (C=O) groups excluding carboxylic acids is 2. The number of rotatable bonds is 5. The molecule has 2 fully saturated rings. The van der Waals surface area contributed by atoms with E-state index in [1.807, 2.05) is 17.5 Å². The molecule has 1 aromatic rings. The lowest BCUT2D eigenvalue weighted by molar-refractivity contribution is -0.251. The number of imide groups is 1. The van der Waals surface area contributed by atoms with Crippen molar-refractivity contribution in [3.05, 3.63) is 22.4 Å². The third-order valence-electron chi connectivity index (χ3n) is 4.55. The first-order valence-corrected chi connectivity index (χ1v) is 9.11. The van der Waals surface area contributed by atoms with Crippen molar-refractivity contribution in [2.24, 2.45) is 0 Å². The standard InChI is InChI=1S/C17H23NO5S/c1-17(2,21-3)23-14-13(12-9-6-10-24-12)18(15(14)19)16(20)22-11-7-4-5-8-11/h6,9-11,13-14H,4-5,7-8H2,1-3H3/t13-,14+/m0/s1. The minimum absolute atomic E-state index is 0.0790. The van der Waals surface area contributed by atoms with Gasteiger partial charge in [0.1, 0.15) is 12.1 Å². The summed E-state index contributed by atoms with van der Waals surface area (Å²) in [6, 6.07) is 3.33. The summed E-state index contributed by atoms with van der Waals surface area (Å²) in [5, 5.41) is 1.91. The molecule has 0 spiro atoms. The maximum atomic E-state index is 12.5. The number of carbonyl (C=O) groups is 2. The van der Waals surface area contributed by atoms with Crippen molar-refractivity contribution in [2.75, 3.05) is 7.11 Å². The Bertz CT molecular complexity index is 594. The fourth-order valence-electron chi connectivity index (χ4n) is 3.08. The van der Waals surface area contributed by atoms with Crippen LogP contribution in [0, 0.1) is 0 Å². The maximum absolute atomic E-state index is 12.5. The van der Waals surface area contributed by atoms with Gasteiger partial charge in [0.2, 0.25) is 0 Å². The first-order valence-electron chi connectivity index (χ1n) is 8.23. The lowest BCUT2D eigenvalue weighted by Crippen LogP contribution is -2.63. The van der Waals surface area contributed by atoms with Gasteiger partial charge < -0.3 is 14.2 Å². The third-order valence-corrected chi connectivity index (χ3v) is 5.49. The molecule has 1 saturated heterocycles. The second kappa shape index (κ2) is 6.82. The zero-order valence-electron chi connectivity index (χ0n) is 14.2. The normalized spacial score (nSPS) is 25.0. The zero-order valence-corrected chi connectivity index (χ0v) is 15.0. The highest BCUT2D eigenvalue weighted by molar-refractivity contribution is 7.10. The number of β-lactam (4-membered cyclic amide) rings is 1. The molecule has 132 valence electrons. The van der Waals surface area contributed by atoms with Gasteiger partial charge in [-0.1, -0.05) is 6.07 Å². The number of likely N-dealkylation sites (tertiary alicyclic amines) is 1. The lowest BCUT2D eigenvalue weighted by atomic mass is 9.96. The predicted octanol–water partition coefficient (Wildman–Crippen LogP) is 3.48. The van der Waals surface area contributed by atoms with Gasteiger partial charge in [0.05, 0.1) is 0 Å². The quantitative estimate of drug-likeness (QED) is 0.599. The van der Waals surface area contributed by atoms with Crippen LogP contribution in [0.25, 0.3) is 0 Å². The van der Waals surface area contributed by atoms with Crippen molar-refractivity contribution in [3.8, 4) is 0 Å². The molecule has 24 heavy (non-hydrogen) atoms. The number of nitrogens with zero attached hydrogens (tertiary/aromatic N) is 1. The Balaban J connectivity index is 1.75. The SMILES string of the molecule is COC(C)(C)O[C@H]1C(=O)N(C(=O)OC2CCCC2)[C@H]1c1cccs1. The van der Waals surface area contributed by atoms with Crippen LogP contribution in [0.4, 0.5) is 4.79 Å². The number of thiophene rings is 1. The summed E-state index contributed by atoms with van der Waals surface area (Å²) in [6.07, 6.45) is 2.48. The summed E-state index contributed by atoms with van der Waals surface area (Å²) >= 11 is 1.49. The van der Waals surface area contributed by atoms with E-state index in [9.17, 15) is 9.59 Å². The monoisotopic (exact) mass is 353 g/mol. The summed E-state index contributed by atoms with van der Waals surface area (Å²) in [4.78, 5) is 27.1. The van der Waals surface area contributed by atoms with E-state index in [0.29, 0.717) is 0 Å². The molecule has 6 nitrogen and oxygen atoms in total. The Kier molecular flexibility index (Phi) is 4.94. The van der Waals surface area contributed by atoms with E-state index in [1.54, 1.807) is 13.8 Å². The van der Waals surface area contributed by atoms with Gasteiger partial charge in [-0.3, -0.25) is 4.79 Å². The summed E-state index contributed by atoms with van der Waals surface area (Å²) in [5.74, 6) is -1.28. The molecule has 0 bridgehead atoms. The van der Waals surface area contributed by atoms with Crippen LogP contribution in [0.1, 0.15) is 50.4 Å². The van der Waals surface area contributed by atoms with E-state index in [-0.39, 0.29) is 12.0 Å². The largest absolute Gasteiger partial charge is 0.446 e. The topological polar surface area (TPSA) is 65.1 Å². The van der Waals surface area contributed by atoms with E-state index in [1.165, 1.54) is 23.3 Å². The van der Waals surface area contributed by atoms with Crippen LogP contribution >= 0.6 is 11.3 Å².